The van der Waals surface area contributed by atoms with E-state index in [4.69, 9.17) is 10.00 Å². The number of benzene rings is 1. The van der Waals surface area contributed by atoms with Crippen LogP contribution >= 0.6 is 0 Å². The van der Waals surface area contributed by atoms with E-state index in [0.29, 0.717) is 18.2 Å². The summed E-state index contributed by atoms with van der Waals surface area (Å²) in [5.41, 5.74) is 1.15. The van der Waals surface area contributed by atoms with Crippen molar-refractivity contribution in [2.24, 2.45) is 5.92 Å². The van der Waals surface area contributed by atoms with Gasteiger partial charge in [-0.15, -0.1) is 0 Å². The van der Waals surface area contributed by atoms with Crippen molar-refractivity contribution in [3.05, 3.63) is 29.8 Å². The minimum absolute atomic E-state index is 0.0702. The number of ether oxygens (including phenoxy) is 1. The second kappa shape index (κ2) is 8.02. The Hall–Kier alpha value is -1.57. The van der Waals surface area contributed by atoms with Crippen molar-refractivity contribution in [1.82, 2.24) is 5.32 Å². The quantitative estimate of drug-likeness (QED) is 0.809. The number of aliphatic hydroxyl groups excluding tert-OH is 1. The van der Waals surface area contributed by atoms with Gasteiger partial charge in [-0.25, -0.2) is 0 Å². The summed E-state index contributed by atoms with van der Waals surface area (Å²) in [6, 6.07) is 9.87. The summed E-state index contributed by atoms with van der Waals surface area (Å²) < 4.78 is 5.23. The summed E-state index contributed by atoms with van der Waals surface area (Å²) in [5.74, 6) is 1.17. The highest BCUT2D eigenvalue weighted by molar-refractivity contribution is 5.29. The first-order chi connectivity index (χ1) is 10.2. The Bertz CT molecular complexity index is 461. The SMILES string of the molecule is CC(NCC(O)C1CCCC1)c1ccc(OCC#N)cc1. The van der Waals surface area contributed by atoms with Gasteiger partial charge in [0.1, 0.15) is 11.8 Å². The molecule has 1 aliphatic carbocycles. The van der Waals surface area contributed by atoms with Crippen LogP contribution in [0.3, 0.4) is 0 Å². The smallest absolute Gasteiger partial charge is 0.174 e. The van der Waals surface area contributed by atoms with E-state index >= 15 is 0 Å². The molecule has 0 bridgehead atoms. The van der Waals surface area contributed by atoms with Gasteiger partial charge in [0.05, 0.1) is 6.10 Å². The number of nitriles is 1. The molecular weight excluding hydrogens is 264 g/mol. The predicted octanol–water partition coefficient (Wildman–Crippen LogP) is 2.79. The van der Waals surface area contributed by atoms with Crippen molar-refractivity contribution in [1.29, 1.82) is 5.26 Å². The van der Waals surface area contributed by atoms with Crippen LogP contribution in [0.25, 0.3) is 0 Å². The lowest BCUT2D eigenvalue weighted by molar-refractivity contribution is 0.106. The fourth-order valence-electron chi connectivity index (χ4n) is 2.89. The highest BCUT2D eigenvalue weighted by Crippen LogP contribution is 2.27. The van der Waals surface area contributed by atoms with Crippen LogP contribution in [0.15, 0.2) is 24.3 Å². The summed E-state index contributed by atoms with van der Waals surface area (Å²) in [4.78, 5) is 0. The molecule has 4 heteroatoms. The molecule has 0 saturated heterocycles. The van der Waals surface area contributed by atoms with Gasteiger partial charge in [0, 0.05) is 12.6 Å². The maximum Gasteiger partial charge on any atom is 0.174 e. The lowest BCUT2D eigenvalue weighted by atomic mass is 10.0. The molecule has 2 rings (SSSR count). The zero-order valence-corrected chi connectivity index (χ0v) is 12.6. The first kappa shape index (κ1) is 15.8. The molecule has 0 amide bonds. The van der Waals surface area contributed by atoms with Crippen LogP contribution in [0.1, 0.15) is 44.2 Å². The predicted molar refractivity (Wildman–Crippen MR) is 81.9 cm³/mol. The topological polar surface area (TPSA) is 65.3 Å². The van der Waals surface area contributed by atoms with E-state index in [1.807, 2.05) is 30.3 Å². The second-order valence-corrected chi connectivity index (χ2v) is 5.76. The largest absolute Gasteiger partial charge is 0.479 e. The average Bonchev–Trinajstić information content (AvgIpc) is 3.05. The van der Waals surface area contributed by atoms with Gasteiger partial charge in [-0.1, -0.05) is 25.0 Å². The van der Waals surface area contributed by atoms with E-state index in [1.165, 1.54) is 12.8 Å². The first-order valence-corrected chi connectivity index (χ1v) is 7.72. The fourth-order valence-corrected chi connectivity index (χ4v) is 2.89. The van der Waals surface area contributed by atoms with Crippen molar-refractivity contribution in [2.75, 3.05) is 13.2 Å². The van der Waals surface area contributed by atoms with Crippen molar-refractivity contribution >= 4 is 0 Å². The van der Waals surface area contributed by atoms with E-state index in [2.05, 4.69) is 12.2 Å². The maximum absolute atomic E-state index is 10.2. The van der Waals surface area contributed by atoms with Gasteiger partial charge in [0.2, 0.25) is 0 Å². The van der Waals surface area contributed by atoms with Crippen molar-refractivity contribution in [2.45, 2.75) is 44.8 Å². The molecule has 0 heterocycles. The number of aliphatic hydroxyl groups is 1. The second-order valence-electron chi connectivity index (χ2n) is 5.76. The molecule has 2 unspecified atom stereocenters. The molecule has 1 aliphatic rings. The number of nitrogens with zero attached hydrogens (tertiary/aromatic N) is 1. The van der Waals surface area contributed by atoms with Crippen LogP contribution in [-0.4, -0.2) is 24.4 Å². The van der Waals surface area contributed by atoms with Gasteiger partial charge in [0.25, 0.3) is 0 Å². The molecule has 4 nitrogen and oxygen atoms in total. The van der Waals surface area contributed by atoms with E-state index < -0.39 is 0 Å². The third-order valence-corrected chi connectivity index (χ3v) is 4.26. The Morgan fingerprint density at radius 3 is 2.62 bits per heavy atom. The molecule has 1 fully saturated rings. The third-order valence-electron chi connectivity index (χ3n) is 4.26. The molecular formula is C17H24N2O2. The zero-order chi connectivity index (χ0) is 15.1. The van der Waals surface area contributed by atoms with Crippen molar-refractivity contribution in [3.63, 3.8) is 0 Å². The molecule has 0 aliphatic heterocycles. The molecule has 0 radical (unpaired) electrons. The molecule has 2 N–H and O–H groups in total. The van der Waals surface area contributed by atoms with Crippen LogP contribution in [0.4, 0.5) is 0 Å². The molecule has 0 aromatic heterocycles. The Balaban J connectivity index is 1.79. The summed E-state index contributed by atoms with van der Waals surface area (Å²) >= 11 is 0. The summed E-state index contributed by atoms with van der Waals surface area (Å²) in [7, 11) is 0. The van der Waals surface area contributed by atoms with Gasteiger partial charge in [-0.2, -0.15) is 5.26 Å². The maximum atomic E-state index is 10.2. The van der Waals surface area contributed by atoms with E-state index in [9.17, 15) is 5.11 Å². The van der Waals surface area contributed by atoms with Gasteiger partial charge < -0.3 is 15.2 Å². The van der Waals surface area contributed by atoms with Crippen LogP contribution in [-0.2, 0) is 0 Å². The van der Waals surface area contributed by atoms with Gasteiger partial charge in [-0.05, 0) is 43.4 Å². The molecule has 1 aromatic carbocycles. The van der Waals surface area contributed by atoms with Crippen molar-refractivity contribution < 1.29 is 9.84 Å². The summed E-state index contributed by atoms with van der Waals surface area (Å²) in [6.07, 6.45) is 4.57. The van der Waals surface area contributed by atoms with Gasteiger partial charge >= 0.3 is 0 Å². The Morgan fingerprint density at radius 2 is 2.00 bits per heavy atom. The van der Waals surface area contributed by atoms with Crippen LogP contribution in [0.2, 0.25) is 0 Å². The standard InChI is InChI=1S/C17H24N2O2/c1-13(19-12-17(20)15-4-2-3-5-15)14-6-8-16(9-7-14)21-11-10-18/h6-9,13,15,17,19-20H,2-5,11-12H2,1H3. The number of hydrogen-bond donors (Lipinski definition) is 2. The fraction of sp³-hybridized carbons (Fsp3) is 0.588. The molecule has 21 heavy (non-hydrogen) atoms. The van der Waals surface area contributed by atoms with Crippen molar-refractivity contribution in [3.8, 4) is 11.8 Å². The van der Waals surface area contributed by atoms with Crippen LogP contribution in [0.5, 0.6) is 5.75 Å². The highest BCUT2D eigenvalue weighted by atomic mass is 16.5. The Kier molecular flexibility index (Phi) is 6.04. The highest BCUT2D eigenvalue weighted by Gasteiger charge is 2.23. The molecule has 2 atom stereocenters. The molecule has 114 valence electrons. The van der Waals surface area contributed by atoms with E-state index in [-0.39, 0.29) is 18.8 Å². The minimum atomic E-state index is -0.242. The summed E-state index contributed by atoms with van der Waals surface area (Å²) in [5, 5.41) is 22.0. The lowest BCUT2D eigenvalue weighted by Crippen LogP contribution is -2.33. The summed E-state index contributed by atoms with van der Waals surface area (Å²) in [6.45, 7) is 2.80. The van der Waals surface area contributed by atoms with Gasteiger partial charge in [-0.3, -0.25) is 0 Å². The molecule has 1 saturated carbocycles. The van der Waals surface area contributed by atoms with Crippen LogP contribution < -0.4 is 10.1 Å². The Morgan fingerprint density at radius 1 is 1.33 bits per heavy atom. The minimum Gasteiger partial charge on any atom is -0.479 e. The average molecular weight is 288 g/mol. The lowest BCUT2D eigenvalue weighted by Gasteiger charge is -2.21. The number of nitrogens with one attached hydrogen (secondary N) is 1. The Labute approximate surface area is 126 Å². The monoisotopic (exact) mass is 288 g/mol. The van der Waals surface area contributed by atoms with E-state index in [0.717, 1.165) is 18.4 Å². The first-order valence-electron chi connectivity index (χ1n) is 7.72. The van der Waals surface area contributed by atoms with Gasteiger partial charge in [0.15, 0.2) is 6.61 Å². The van der Waals surface area contributed by atoms with E-state index in [1.54, 1.807) is 0 Å². The third kappa shape index (κ3) is 4.73. The zero-order valence-electron chi connectivity index (χ0n) is 12.6. The molecule has 1 aromatic rings. The van der Waals surface area contributed by atoms with Crippen LogP contribution in [0, 0.1) is 17.2 Å². The number of hydrogen-bond acceptors (Lipinski definition) is 4. The normalized spacial score (nSPS) is 18.1. The molecule has 0 spiro atoms. The number of rotatable bonds is 7.